The van der Waals surface area contributed by atoms with Crippen molar-refractivity contribution in [1.82, 2.24) is 0 Å². The van der Waals surface area contributed by atoms with Gasteiger partial charge in [0, 0.05) is 7.11 Å². The molecule has 1 atom stereocenters. The highest BCUT2D eigenvalue weighted by Crippen LogP contribution is 2.07. The molecular weight excluding hydrogens is 194 g/mol. The quantitative estimate of drug-likeness (QED) is 0.697. The van der Waals surface area contributed by atoms with Gasteiger partial charge in [0.25, 0.3) is 0 Å². The summed E-state index contributed by atoms with van der Waals surface area (Å²) in [5, 5.41) is 0. The van der Waals surface area contributed by atoms with E-state index in [2.05, 4.69) is 0 Å². The van der Waals surface area contributed by atoms with Gasteiger partial charge in [-0.05, 0) is 20.8 Å². The van der Waals surface area contributed by atoms with Crippen LogP contribution in [0.3, 0.4) is 0 Å². The van der Waals surface area contributed by atoms with Crippen LogP contribution in [-0.4, -0.2) is 31.3 Å². The van der Waals surface area contributed by atoms with Gasteiger partial charge in [-0.25, -0.2) is 0 Å². The average Bonchev–Trinajstić information content (AvgIpc) is 2.00. The summed E-state index contributed by atoms with van der Waals surface area (Å²) in [7, 11) is 1.57. The van der Waals surface area contributed by atoms with E-state index in [-0.39, 0.29) is 19.0 Å². The number of nitrogens with two attached hydrogens (primary N) is 1. The zero-order chi connectivity index (χ0) is 9.78. The van der Waals surface area contributed by atoms with E-state index in [1.807, 2.05) is 13.8 Å². The lowest BCUT2D eigenvalue weighted by atomic mass is 10.1. The Labute approximate surface area is 85.2 Å². The molecule has 0 aliphatic rings. The number of carbonyl (C=O) groups excluding carboxylic acids is 1. The smallest absolute Gasteiger partial charge is 0.322 e. The Morgan fingerprint density at radius 3 is 2.31 bits per heavy atom. The minimum atomic E-state index is -0.572. The third kappa shape index (κ3) is 6.81. The molecule has 0 heterocycles. The molecule has 80 valence electrons. The fourth-order valence-electron chi connectivity index (χ4n) is 0.435. The van der Waals surface area contributed by atoms with Crippen molar-refractivity contribution in [1.29, 1.82) is 0 Å². The molecule has 0 bridgehead atoms. The fraction of sp³-hybridized carbons (Fsp3) is 0.875. The van der Waals surface area contributed by atoms with Crippen molar-refractivity contribution < 1.29 is 14.3 Å². The molecule has 0 fully saturated rings. The monoisotopic (exact) mass is 211 g/mol. The second kappa shape index (κ2) is 6.18. The van der Waals surface area contributed by atoms with Crippen molar-refractivity contribution in [2.75, 3.05) is 13.7 Å². The molecule has 0 aliphatic carbocycles. The summed E-state index contributed by atoms with van der Waals surface area (Å²) in [6, 6.07) is -0.572. The molecule has 1 unspecified atom stereocenters. The standard InChI is InChI=1S/C8H17NO3.ClH/c1-6(9)7(10)12-5-8(2,3)11-4;/h6H,5,9H2,1-4H3;1H. The number of methoxy groups -OCH3 is 1. The zero-order valence-electron chi connectivity index (χ0n) is 8.49. The van der Waals surface area contributed by atoms with E-state index >= 15 is 0 Å². The van der Waals surface area contributed by atoms with Crippen molar-refractivity contribution in [2.45, 2.75) is 32.4 Å². The van der Waals surface area contributed by atoms with E-state index in [1.54, 1.807) is 14.0 Å². The Bertz CT molecular complexity index is 159. The Kier molecular flexibility index (Phi) is 7.21. The Hall–Kier alpha value is -0.320. The molecular formula is C8H18ClNO3. The Morgan fingerprint density at radius 2 is 2.00 bits per heavy atom. The Balaban J connectivity index is 0. The highest BCUT2D eigenvalue weighted by atomic mass is 35.5. The number of rotatable bonds is 4. The van der Waals surface area contributed by atoms with Gasteiger partial charge in [0.1, 0.15) is 12.6 Å². The van der Waals surface area contributed by atoms with Crippen LogP contribution in [0.5, 0.6) is 0 Å². The Morgan fingerprint density at radius 1 is 1.54 bits per heavy atom. The number of esters is 1. The van der Waals surface area contributed by atoms with Gasteiger partial charge >= 0.3 is 5.97 Å². The normalized spacial score (nSPS) is 13.0. The van der Waals surface area contributed by atoms with E-state index in [4.69, 9.17) is 15.2 Å². The summed E-state index contributed by atoms with van der Waals surface area (Å²) in [6.45, 7) is 5.48. The first-order valence-electron chi connectivity index (χ1n) is 3.86. The summed E-state index contributed by atoms with van der Waals surface area (Å²) >= 11 is 0. The number of halogens is 1. The minimum absolute atomic E-state index is 0. The lowest BCUT2D eigenvalue weighted by molar-refractivity contribution is -0.152. The second-order valence-electron chi connectivity index (χ2n) is 3.36. The van der Waals surface area contributed by atoms with E-state index < -0.39 is 17.6 Å². The number of ether oxygens (including phenoxy) is 2. The molecule has 13 heavy (non-hydrogen) atoms. The number of hydrogen-bond acceptors (Lipinski definition) is 4. The maximum absolute atomic E-state index is 10.9. The minimum Gasteiger partial charge on any atom is -0.461 e. The summed E-state index contributed by atoms with van der Waals surface area (Å²) in [5.74, 6) is -0.403. The van der Waals surface area contributed by atoms with E-state index in [9.17, 15) is 4.79 Å². The molecule has 0 aromatic carbocycles. The molecule has 5 heteroatoms. The molecule has 4 nitrogen and oxygen atoms in total. The van der Waals surface area contributed by atoms with Crippen molar-refractivity contribution in [2.24, 2.45) is 5.73 Å². The van der Waals surface area contributed by atoms with Crippen LogP contribution in [0.25, 0.3) is 0 Å². The van der Waals surface area contributed by atoms with Crippen molar-refractivity contribution in [3.05, 3.63) is 0 Å². The molecule has 0 saturated heterocycles. The van der Waals surface area contributed by atoms with Crippen molar-refractivity contribution >= 4 is 18.4 Å². The first-order chi connectivity index (χ1) is 5.39. The molecule has 0 aliphatic heterocycles. The first-order valence-corrected chi connectivity index (χ1v) is 3.86. The van der Waals surface area contributed by atoms with E-state index in [0.29, 0.717) is 0 Å². The largest absolute Gasteiger partial charge is 0.461 e. The zero-order valence-corrected chi connectivity index (χ0v) is 9.31. The van der Waals surface area contributed by atoms with Gasteiger partial charge in [-0.1, -0.05) is 0 Å². The maximum Gasteiger partial charge on any atom is 0.322 e. The fourth-order valence-corrected chi connectivity index (χ4v) is 0.435. The number of carbonyl (C=O) groups is 1. The summed E-state index contributed by atoms with van der Waals surface area (Å²) in [6.07, 6.45) is 0. The van der Waals surface area contributed by atoms with Gasteiger partial charge in [0.2, 0.25) is 0 Å². The lowest BCUT2D eigenvalue weighted by Crippen LogP contribution is -2.35. The van der Waals surface area contributed by atoms with Gasteiger partial charge in [-0.15, -0.1) is 12.4 Å². The summed E-state index contributed by atoms with van der Waals surface area (Å²) < 4.78 is 9.92. The van der Waals surface area contributed by atoms with E-state index in [0.717, 1.165) is 0 Å². The molecule has 0 aromatic rings. The van der Waals surface area contributed by atoms with Crippen LogP contribution >= 0.6 is 12.4 Å². The molecule has 0 rings (SSSR count). The molecule has 2 N–H and O–H groups in total. The maximum atomic E-state index is 10.9. The highest BCUT2D eigenvalue weighted by Gasteiger charge is 2.20. The van der Waals surface area contributed by atoms with Crippen molar-refractivity contribution in [3.8, 4) is 0 Å². The van der Waals surface area contributed by atoms with Crippen LogP contribution in [0.2, 0.25) is 0 Å². The predicted octanol–water partition coefficient (Wildman–Crippen LogP) is 0.724. The van der Waals surface area contributed by atoms with Crippen molar-refractivity contribution in [3.63, 3.8) is 0 Å². The van der Waals surface area contributed by atoms with Gasteiger partial charge in [-0.2, -0.15) is 0 Å². The first kappa shape index (κ1) is 15.2. The van der Waals surface area contributed by atoms with Gasteiger partial charge in [0.05, 0.1) is 5.60 Å². The van der Waals surface area contributed by atoms with Gasteiger partial charge in [0.15, 0.2) is 0 Å². The third-order valence-electron chi connectivity index (χ3n) is 1.49. The van der Waals surface area contributed by atoms with E-state index in [1.165, 1.54) is 0 Å². The topological polar surface area (TPSA) is 61.5 Å². The molecule has 0 amide bonds. The molecule has 0 spiro atoms. The van der Waals surface area contributed by atoms with Crippen LogP contribution < -0.4 is 5.73 Å². The SMILES string of the molecule is COC(C)(C)COC(=O)C(C)N.Cl. The third-order valence-corrected chi connectivity index (χ3v) is 1.49. The molecule has 0 saturated carbocycles. The van der Waals surface area contributed by atoms with Gasteiger partial charge in [-0.3, -0.25) is 4.79 Å². The molecule has 0 radical (unpaired) electrons. The number of hydrogen-bond donors (Lipinski definition) is 1. The van der Waals surface area contributed by atoms with Crippen LogP contribution in [-0.2, 0) is 14.3 Å². The lowest BCUT2D eigenvalue weighted by Gasteiger charge is -2.22. The van der Waals surface area contributed by atoms with Crippen LogP contribution in [0, 0.1) is 0 Å². The van der Waals surface area contributed by atoms with Gasteiger partial charge < -0.3 is 15.2 Å². The van der Waals surface area contributed by atoms with Crippen LogP contribution in [0.15, 0.2) is 0 Å². The average molecular weight is 212 g/mol. The second-order valence-corrected chi connectivity index (χ2v) is 3.36. The predicted molar refractivity (Wildman–Crippen MR) is 52.9 cm³/mol. The van der Waals surface area contributed by atoms with Crippen LogP contribution in [0.1, 0.15) is 20.8 Å². The highest BCUT2D eigenvalue weighted by molar-refractivity contribution is 5.85. The summed E-state index contributed by atoms with van der Waals surface area (Å²) in [4.78, 5) is 10.9. The van der Waals surface area contributed by atoms with Crippen LogP contribution in [0.4, 0.5) is 0 Å². The summed E-state index contributed by atoms with van der Waals surface area (Å²) in [5.41, 5.74) is 4.85. The molecule has 0 aromatic heterocycles.